The lowest BCUT2D eigenvalue weighted by Gasteiger charge is -2.15. The predicted molar refractivity (Wildman–Crippen MR) is 67.3 cm³/mol. The highest BCUT2D eigenvalue weighted by atomic mass is 79.9. The van der Waals surface area contributed by atoms with Crippen molar-refractivity contribution in [2.45, 2.75) is 18.3 Å². The average Bonchev–Trinajstić information content (AvgIpc) is 3.08. The molecule has 3 N–H and O–H groups in total. The third-order valence-corrected chi connectivity index (χ3v) is 3.53. The van der Waals surface area contributed by atoms with E-state index in [1.807, 2.05) is 24.3 Å². The highest BCUT2D eigenvalue weighted by Crippen LogP contribution is 2.48. The van der Waals surface area contributed by atoms with Crippen LogP contribution in [0.1, 0.15) is 18.4 Å². The van der Waals surface area contributed by atoms with Crippen LogP contribution in [0.15, 0.2) is 28.7 Å². The molecule has 1 aromatic rings. The zero-order valence-electron chi connectivity index (χ0n) is 9.20. The van der Waals surface area contributed by atoms with Crippen LogP contribution in [0, 0.1) is 0 Å². The fourth-order valence-electron chi connectivity index (χ4n) is 1.88. The Hall–Kier alpha value is -1.36. The van der Waals surface area contributed by atoms with E-state index in [9.17, 15) is 9.59 Å². The Labute approximate surface area is 108 Å². The standard InChI is InChI=1S/C12H13BrN2O2/c13-9-3-1-8(2-4-9)12(5-6-12)11(17)15-7-10(14)16/h1-4H,5-7H2,(H2,14,16)(H,15,17). The fourth-order valence-corrected chi connectivity index (χ4v) is 2.14. The summed E-state index contributed by atoms with van der Waals surface area (Å²) in [5, 5.41) is 2.57. The first-order valence-corrected chi connectivity index (χ1v) is 6.16. The number of nitrogens with two attached hydrogens (primary N) is 1. The van der Waals surface area contributed by atoms with Crippen LogP contribution >= 0.6 is 15.9 Å². The summed E-state index contributed by atoms with van der Waals surface area (Å²) in [5.41, 5.74) is 5.54. The number of hydrogen-bond donors (Lipinski definition) is 2. The van der Waals surface area contributed by atoms with Crippen molar-refractivity contribution in [3.8, 4) is 0 Å². The number of halogens is 1. The third kappa shape index (κ3) is 2.49. The lowest BCUT2D eigenvalue weighted by Crippen LogP contribution is -2.39. The van der Waals surface area contributed by atoms with E-state index in [4.69, 9.17) is 5.73 Å². The van der Waals surface area contributed by atoms with Crippen LogP contribution in [0.2, 0.25) is 0 Å². The van der Waals surface area contributed by atoms with Gasteiger partial charge in [-0.3, -0.25) is 9.59 Å². The van der Waals surface area contributed by atoms with Gasteiger partial charge in [-0.15, -0.1) is 0 Å². The molecule has 5 heteroatoms. The van der Waals surface area contributed by atoms with Crippen molar-refractivity contribution in [2.75, 3.05) is 6.54 Å². The van der Waals surface area contributed by atoms with Gasteiger partial charge in [0.2, 0.25) is 11.8 Å². The van der Waals surface area contributed by atoms with Gasteiger partial charge in [0, 0.05) is 4.47 Å². The van der Waals surface area contributed by atoms with Crippen LogP contribution in [0.5, 0.6) is 0 Å². The minimum atomic E-state index is -0.523. The highest BCUT2D eigenvalue weighted by Gasteiger charge is 2.51. The molecule has 1 aliphatic carbocycles. The summed E-state index contributed by atoms with van der Waals surface area (Å²) in [7, 11) is 0. The van der Waals surface area contributed by atoms with Gasteiger partial charge in [0.05, 0.1) is 12.0 Å². The van der Waals surface area contributed by atoms with E-state index in [1.165, 1.54) is 0 Å². The lowest BCUT2D eigenvalue weighted by atomic mass is 9.95. The van der Waals surface area contributed by atoms with Gasteiger partial charge in [-0.1, -0.05) is 28.1 Å². The van der Waals surface area contributed by atoms with Crippen LogP contribution in [-0.2, 0) is 15.0 Å². The van der Waals surface area contributed by atoms with Gasteiger partial charge >= 0.3 is 0 Å². The zero-order valence-corrected chi connectivity index (χ0v) is 10.8. The van der Waals surface area contributed by atoms with Gasteiger partial charge in [-0.2, -0.15) is 0 Å². The number of hydrogen-bond acceptors (Lipinski definition) is 2. The molecule has 1 saturated carbocycles. The molecule has 1 aliphatic rings. The van der Waals surface area contributed by atoms with Gasteiger partial charge in [0.15, 0.2) is 0 Å². The molecule has 17 heavy (non-hydrogen) atoms. The highest BCUT2D eigenvalue weighted by molar-refractivity contribution is 9.10. The van der Waals surface area contributed by atoms with Gasteiger partial charge in [-0.25, -0.2) is 0 Å². The van der Waals surface area contributed by atoms with Gasteiger partial charge < -0.3 is 11.1 Å². The molecule has 0 aromatic heterocycles. The molecule has 0 unspecified atom stereocenters. The van der Waals surface area contributed by atoms with Crippen LogP contribution in [0.4, 0.5) is 0 Å². The van der Waals surface area contributed by atoms with Crippen LogP contribution in [0.25, 0.3) is 0 Å². The molecule has 1 aromatic carbocycles. The molecule has 2 amide bonds. The minimum absolute atomic E-state index is 0.100. The maximum atomic E-state index is 12.0. The summed E-state index contributed by atoms with van der Waals surface area (Å²) in [6.07, 6.45) is 1.64. The van der Waals surface area contributed by atoms with Gasteiger partial charge in [0.25, 0.3) is 0 Å². The number of amides is 2. The van der Waals surface area contributed by atoms with Crippen molar-refractivity contribution in [1.82, 2.24) is 5.32 Å². The Bertz CT molecular complexity index is 452. The number of nitrogens with one attached hydrogen (secondary N) is 1. The molecule has 4 nitrogen and oxygen atoms in total. The Morgan fingerprint density at radius 3 is 2.35 bits per heavy atom. The van der Waals surface area contributed by atoms with E-state index in [2.05, 4.69) is 21.2 Å². The summed E-state index contributed by atoms with van der Waals surface area (Å²) < 4.78 is 0.981. The summed E-state index contributed by atoms with van der Waals surface area (Å²) in [4.78, 5) is 22.6. The summed E-state index contributed by atoms with van der Waals surface area (Å²) in [6.45, 7) is -0.100. The third-order valence-electron chi connectivity index (χ3n) is 3.00. The second-order valence-electron chi connectivity index (χ2n) is 4.24. The van der Waals surface area contributed by atoms with E-state index < -0.39 is 11.3 Å². The molecular formula is C12H13BrN2O2. The van der Waals surface area contributed by atoms with Crippen LogP contribution < -0.4 is 11.1 Å². The Balaban J connectivity index is 2.11. The van der Waals surface area contributed by atoms with E-state index in [-0.39, 0.29) is 12.5 Å². The number of rotatable bonds is 4. The quantitative estimate of drug-likeness (QED) is 0.873. The summed E-state index contributed by atoms with van der Waals surface area (Å²) >= 11 is 3.36. The first-order chi connectivity index (χ1) is 8.04. The van der Waals surface area contributed by atoms with Crippen LogP contribution in [-0.4, -0.2) is 18.4 Å². The Morgan fingerprint density at radius 1 is 1.29 bits per heavy atom. The molecule has 1 fully saturated rings. The average molecular weight is 297 g/mol. The molecule has 0 heterocycles. The van der Waals surface area contributed by atoms with Gasteiger partial charge in [0.1, 0.15) is 0 Å². The van der Waals surface area contributed by atoms with Crippen molar-refractivity contribution in [3.05, 3.63) is 34.3 Å². The van der Waals surface area contributed by atoms with Crippen molar-refractivity contribution in [2.24, 2.45) is 5.73 Å². The maximum Gasteiger partial charge on any atom is 0.236 e. The molecule has 0 saturated heterocycles. The zero-order chi connectivity index (χ0) is 12.5. The SMILES string of the molecule is NC(=O)CNC(=O)C1(c2ccc(Br)cc2)CC1. The predicted octanol–water partition coefficient (Wildman–Crippen LogP) is 1.08. The van der Waals surface area contributed by atoms with Crippen molar-refractivity contribution in [1.29, 1.82) is 0 Å². The Kier molecular flexibility index (Phi) is 3.19. The fraction of sp³-hybridized carbons (Fsp3) is 0.333. The summed E-state index contributed by atoms with van der Waals surface area (Å²) in [6, 6.07) is 7.69. The molecule has 0 atom stereocenters. The first kappa shape index (κ1) is 12.1. The molecule has 2 rings (SSSR count). The van der Waals surface area contributed by atoms with Crippen molar-refractivity contribution in [3.63, 3.8) is 0 Å². The van der Waals surface area contributed by atoms with Gasteiger partial charge in [-0.05, 0) is 30.5 Å². The number of primary amides is 1. The van der Waals surface area contributed by atoms with E-state index in [1.54, 1.807) is 0 Å². The normalized spacial score (nSPS) is 16.3. The maximum absolute atomic E-state index is 12.0. The molecule has 0 bridgehead atoms. The molecular weight excluding hydrogens is 284 g/mol. The topological polar surface area (TPSA) is 72.2 Å². The minimum Gasteiger partial charge on any atom is -0.368 e. The largest absolute Gasteiger partial charge is 0.368 e. The van der Waals surface area contributed by atoms with Crippen molar-refractivity contribution < 1.29 is 9.59 Å². The first-order valence-electron chi connectivity index (χ1n) is 5.37. The summed E-state index contributed by atoms with van der Waals surface area (Å²) in [5.74, 6) is -0.636. The monoisotopic (exact) mass is 296 g/mol. The smallest absolute Gasteiger partial charge is 0.236 e. The number of carbonyl (C=O) groups is 2. The molecule has 0 spiro atoms. The molecule has 90 valence electrons. The number of carbonyl (C=O) groups excluding carboxylic acids is 2. The van der Waals surface area contributed by atoms with E-state index in [0.717, 1.165) is 22.9 Å². The van der Waals surface area contributed by atoms with E-state index >= 15 is 0 Å². The second kappa shape index (κ2) is 4.49. The molecule has 0 aliphatic heterocycles. The Morgan fingerprint density at radius 2 is 1.88 bits per heavy atom. The number of benzene rings is 1. The second-order valence-corrected chi connectivity index (χ2v) is 5.15. The van der Waals surface area contributed by atoms with Crippen molar-refractivity contribution >= 4 is 27.7 Å². The van der Waals surface area contributed by atoms with Crippen LogP contribution in [0.3, 0.4) is 0 Å². The van der Waals surface area contributed by atoms with E-state index in [0.29, 0.717) is 0 Å². The lowest BCUT2D eigenvalue weighted by molar-refractivity contribution is -0.126. The molecule has 0 radical (unpaired) electrons.